The van der Waals surface area contributed by atoms with Crippen LogP contribution in [0.3, 0.4) is 0 Å². The predicted molar refractivity (Wildman–Crippen MR) is 110 cm³/mol. The van der Waals surface area contributed by atoms with Gasteiger partial charge in [-0.15, -0.1) is 0 Å². The molecule has 0 spiro atoms. The summed E-state index contributed by atoms with van der Waals surface area (Å²) in [4.78, 5) is 35.1. The molecule has 8 nitrogen and oxygen atoms in total. The number of imidazole rings is 1. The van der Waals surface area contributed by atoms with Crippen LogP contribution >= 0.6 is 0 Å². The number of rotatable bonds is 7. The van der Waals surface area contributed by atoms with Gasteiger partial charge in [0, 0.05) is 42.5 Å². The van der Waals surface area contributed by atoms with E-state index in [0.717, 1.165) is 22.3 Å². The highest BCUT2D eigenvalue weighted by atomic mass is 16.6. The Kier molecular flexibility index (Phi) is 6.21. The molecule has 2 heterocycles. The first-order valence-corrected chi connectivity index (χ1v) is 9.61. The van der Waals surface area contributed by atoms with Gasteiger partial charge >= 0.3 is 6.09 Å². The number of hydrogen-bond acceptors (Lipinski definition) is 4. The van der Waals surface area contributed by atoms with Crippen molar-refractivity contribution >= 4 is 22.9 Å². The number of nitrogens with one attached hydrogen (secondary N) is 4. The van der Waals surface area contributed by atoms with Crippen LogP contribution in [0.15, 0.2) is 42.9 Å². The first kappa shape index (κ1) is 20.4. The Hall–Kier alpha value is -3.29. The zero-order chi connectivity index (χ0) is 20.9. The van der Waals surface area contributed by atoms with Crippen LogP contribution in [0.4, 0.5) is 4.79 Å². The van der Waals surface area contributed by atoms with Crippen molar-refractivity contribution in [1.82, 2.24) is 25.6 Å². The highest BCUT2D eigenvalue weighted by Crippen LogP contribution is 2.14. The molecule has 0 saturated heterocycles. The minimum atomic E-state index is -0.770. The van der Waals surface area contributed by atoms with Crippen molar-refractivity contribution < 1.29 is 14.3 Å². The van der Waals surface area contributed by atoms with Crippen molar-refractivity contribution in [2.45, 2.75) is 45.3 Å². The minimum absolute atomic E-state index is 0.276. The molecule has 0 bridgehead atoms. The number of H-pyrrole nitrogens is 2. The third-order valence-electron chi connectivity index (χ3n) is 4.27. The Morgan fingerprint density at radius 3 is 2.69 bits per heavy atom. The van der Waals surface area contributed by atoms with Crippen molar-refractivity contribution in [2.24, 2.45) is 0 Å². The molecule has 8 heteroatoms. The van der Waals surface area contributed by atoms with Crippen molar-refractivity contribution in [3.05, 3.63) is 54.2 Å². The molecule has 0 fully saturated rings. The number of para-hydroxylation sites is 1. The fourth-order valence-electron chi connectivity index (χ4n) is 2.99. The van der Waals surface area contributed by atoms with Crippen LogP contribution in [-0.2, 0) is 22.4 Å². The average molecular weight is 397 g/mol. The number of hydrogen-bond donors (Lipinski definition) is 4. The molecule has 4 N–H and O–H groups in total. The second-order valence-corrected chi connectivity index (χ2v) is 7.90. The Bertz CT molecular complexity index is 923. The number of alkyl carbamates (subject to hydrolysis) is 1. The van der Waals surface area contributed by atoms with Crippen LogP contribution in [0.2, 0.25) is 0 Å². The van der Waals surface area contributed by atoms with Gasteiger partial charge in [0.2, 0.25) is 5.91 Å². The summed E-state index contributed by atoms with van der Waals surface area (Å²) in [5, 5.41) is 6.68. The van der Waals surface area contributed by atoms with Gasteiger partial charge in [-0.3, -0.25) is 4.79 Å². The van der Waals surface area contributed by atoms with Crippen molar-refractivity contribution in [1.29, 1.82) is 0 Å². The van der Waals surface area contributed by atoms with E-state index in [-0.39, 0.29) is 12.3 Å². The molecule has 0 unspecified atom stereocenters. The minimum Gasteiger partial charge on any atom is -0.444 e. The Morgan fingerprint density at radius 2 is 2.00 bits per heavy atom. The lowest BCUT2D eigenvalue weighted by atomic mass is 10.1. The molecule has 29 heavy (non-hydrogen) atoms. The molecule has 0 aliphatic rings. The maximum atomic E-state index is 12.7. The predicted octanol–water partition coefficient (Wildman–Crippen LogP) is 2.69. The molecular formula is C21H27N5O3. The third-order valence-corrected chi connectivity index (χ3v) is 4.27. The van der Waals surface area contributed by atoms with Crippen molar-refractivity contribution in [3.63, 3.8) is 0 Å². The lowest BCUT2D eigenvalue weighted by molar-refractivity contribution is -0.123. The van der Waals surface area contributed by atoms with Crippen LogP contribution in [-0.4, -0.2) is 45.1 Å². The number of carbonyl (C=O) groups excluding carboxylic acids is 2. The van der Waals surface area contributed by atoms with Crippen molar-refractivity contribution in [2.75, 3.05) is 6.54 Å². The third kappa shape index (κ3) is 6.10. The van der Waals surface area contributed by atoms with Gasteiger partial charge in [-0.25, -0.2) is 9.78 Å². The molecule has 0 radical (unpaired) electrons. The zero-order valence-electron chi connectivity index (χ0n) is 16.9. The van der Waals surface area contributed by atoms with Gasteiger partial charge in [0.05, 0.1) is 6.33 Å². The molecule has 1 aromatic carbocycles. The van der Waals surface area contributed by atoms with Gasteiger partial charge in [-0.1, -0.05) is 18.2 Å². The highest BCUT2D eigenvalue weighted by Gasteiger charge is 2.25. The van der Waals surface area contributed by atoms with Crippen LogP contribution in [0.25, 0.3) is 10.9 Å². The van der Waals surface area contributed by atoms with E-state index < -0.39 is 17.7 Å². The number of ether oxygens (including phenoxy) is 1. The van der Waals surface area contributed by atoms with E-state index in [1.54, 1.807) is 27.0 Å². The number of nitrogens with zero attached hydrogens (tertiary/aromatic N) is 1. The summed E-state index contributed by atoms with van der Waals surface area (Å²) in [5.41, 5.74) is 2.21. The maximum Gasteiger partial charge on any atom is 0.408 e. The van der Waals surface area contributed by atoms with E-state index >= 15 is 0 Å². The lowest BCUT2D eigenvalue weighted by Gasteiger charge is -2.23. The quantitative estimate of drug-likeness (QED) is 0.491. The van der Waals surface area contributed by atoms with Crippen molar-refractivity contribution in [3.8, 4) is 0 Å². The summed E-state index contributed by atoms with van der Waals surface area (Å²) < 4.78 is 5.28. The number of aromatic nitrogens is 3. The van der Waals surface area contributed by atoms with Gasteiger partial charge in [0.15, 0.2) is 0 Å². The monoisotopic (exact) mass is 397 g/mol. The van der Waals surface area contributed by atoms with Gasteiger partial charge in [0.1, 0.15) is 11.6 Å². The largest absolute Gasteiger partial charge is 0.444 e. The number of benzene rings is 1. The lowest BCUT2D eigenvalue weighted by Crippen LogP contribution is -2.49. The second-order valence-electron chi connectivity index (χ2n) is 7.90. The van der Waals surface area contributed by atoms with E-state index in [2.05, 4.69) is 31.7 Å². The zero-order valence-corrected chi connectivity index (χ0v) is 16.9. The van der Waals surface area contributed by atoms with E-state index in [9.17, 15) is 9.59 Å². The van der Waals surface area contributed by atoms with Crippen LogP contribution in [0.5, 0.6) is 0 Å². The molecule has 2 amide bonds. The molecule has 154 valence electrons. The SMILES string of the molecule is CC(C)(C)OC(=O)N[C@@H](Cc1cnc[nH]1)C(=O)NCCc1cc2ccccc2[nH]1. The first-order valence-electron chi connectivity index (χ1n) is 9.61. The number of aromatic amines is 2. The second kappa shape index (κ2) is 8.81. The Morgan fingerprint density at radius 1 is 1.21 bits per heavy atom. The highest BCUT2D eigenvalue weighted by molar-refractivity contribution is 5.86. The number of amides is 2. The van der Waals surface area contributed by atoms with Crippen LogP contribution < -0.4 is 10.6 Å². The summed E-state index contributed by atoms with van der Waals surface area (Å²) in [6.07, 6.45) is 3.48. The first-order chi connectivity index (χ1) is 13.8. The van der Waals surface area contributed by atoms with Gasteiger partial charge < -0.3 is 25.3 Å². The summed E-state index contributed by atoms with van der Waals surface area (Å²) in [5.74, 6) is -0.276. The molecular weight excluding hydrogens is 370 g/mol. The normalized spacial score (nSPS) is 12.5. The summed E-state index contributed by atoms with van der Waals surface area (Å²) in [6.45, 7) is 5.77. The maximum absolute atomic E-state index is 12.7. The van der Waals surface area contributed by atoms with E-state index in [0.29, 0.717) is 13.0 Å². The summed E-state index contributed by atoms with van der Waals surface area (Å²) >= 11 is 0. The van der Waals surface area contributed by atoms with Crippen LogP contribution in [0, 0.1) is 0 Å². The average Bonchev–Trinajstić information content (AvgIpc) is 3.28. The van der Waals surface area contributed by atoms with Gasteiger partial charge in [-0.05, 0) is 38.3 Å². The summed E-state index contributed by atoms with van der Waals surface area (Å²) in [6, 6.07) is 9.33. The molecule has 3 aromatic rings. The Labute approximate surface area is 169 Å². The Balaban J connectivity index is 1.58. The smallest absolute Gasteiger partial charge is 0.408 e. The van der Waals surface area contributed by atoms with Crippen LogP contribution in [0.1, 0.15) is 32.2 Å². The molecule has 0 aliphatic carbocycles. The topological polar surface area (TPSA) is 112 Å². The molecule has 0 aliphatic heterocycles. The van der Waals surface area contributed by atoms with Gasteiger partial charge in [-0.2, -0.15) is 0 Å². The fourth-order valence-corrected chi connectivity index (χ4v) is 2.99. The number of fused-ring (bicyclic) bond motifs is 1. The molecule has 2 aromatic heterocycles. The van der Waals surface area contributed by atoms with E-state index in [1.165, 1.54) is 6.33 Å². The molecule has 1 atom stereocenters. The fraction of sp³-hybridized carbons (Fsp3) is 0.381. The van der Waals surface area contributed by atoms with E-state index in [1.807, 2.05) is 24.3 Å². The number of carbonyl (C=O) groups is 2. The molecule has 3 rings (SSSR count). The van der Waals surface area contributed by atoms with E-state index in [4.69, 9.17) is 4.74 Å². The molecule has 0 saturated carbocycles. The summed E-state index contributed by atoms with van der Waals surface area (Å²) in [7, 11) is 0. The van der Waals surface area contributed by atoms with Gasteiger partial charge in [0.25, 0.3) is 0 Å². The standard InChI is InChI=1S/C21H27N5O3/c1-21(2,3)29-20(28)26-18(11-16-12-22-13-24-16)19(27)23-9-8-15-10-14-6-4-5-7-17(14)25-15/h4-7,10,12-13,18,25H,8-9,11H2,1-3H3,(H,22,24)(H,23,27)(H,26,28)/t18-/m0/s1.